The summed E-state index contributed by atoms with van der Waals surface area (Å²) in [6.45, 7) is 0. The molecule has 1 aromatic carbocycles. The summed E-state index contributed by atoms with van der Waals surface area (Å²) >= 11 is 12.0. The molecule has 5 nitrogen and oxygen atoms in total. The maximum absolute atomic E-state index is 12.4. The van der Waals surface area contributed by atoms with Crippen LogP contribution in [0.15, 0.2) is 54.6 Å². The Kier molecular flexibility index (Phi) is 4.03. The molecule has 0 fully saturated rings. The largest absolute Gasteiger partial charge is 0.295 e. The molecule has 0 radical (unpaired) electrons. The van der Waals surface area contributed by atoms with Crippen LogP contribution in [0.3, 0.4) is 0 Å². The molecule has 3 aromatic rings. The third kappa shape index (κ3) is 3.16. The number of hydrogen-bond donors (Lipinski definition) is 1. The second-order valence-electron chi connectivity index (χ2n) is 5.55. The molecule has 0 unspecified atom stereocenters. The van der Waals surface area contributed by atoms with Crippen molar-refractivity contribution in [2.75, 3.05) is 5.32 Å². The van der Waals surface area contributed by atoms with Crippen LogP contribution in [-0.4, -0.2) is 20.4 Å². The molecule has 0 saturated carbocycles. The number of imidazole rings is 1. The van der Waals surface area contributed by atoms with Gasteiger partial charge in [-0.3, -0.25) is 14.7 Å². The van der Waals surface area contributed by atoms with Crippen molar-refractivity contribution in [3.05, 3.63) is 70.4 Å². The number of rotatable bonds is 4. The van der Waals surface area contributed by atoms with Crippen molar-refractivity contribution in [3.8, 4) is 0 Å². The van der Waals surface area contributed by atoms with Gasteiger partial charge in [0, 0.05) is 5.02 Å². The smallest absolute Gasteiger partial charge is 0.231 e. The first kappa shape index (κ1) is 15.9. The highest BCUT2D eigenvalue weighted by atomic mass is 35.5. The number of carbonyl (C=O) groups is 1. The molecule has 1 amide bonds. The SMILES string of the molecule is O=C(Cc1cccc(Cl)c1)Nc1nc2ccc(Cl)nc2n1C1=CC=C1. The highest BCUT2D eigenvalue weighted by Crippen LogP contribution is 2.27. The van der Waals surface area contributed by atoms with E-state index in [0.717, 1.165) is 11.3 Å². The van der Waals surface area contributed by atoms with Crippen LogP contribution in [0.4, 0.5) is 5.95 Å². The van der Waals surface area contributed by atoms with Crippen molar-refractivity contribution in [2.24, 2.45) is 0 Å². The summed E-state index contributed by atoms with van der Waals surface area (Å²) in [5, 5.41) is 3.82. The van der Waals surface area contributed by atoms with Crippen LogP contribution in [0.2, 0.25) is 10.2 Å². The number of fused-ring (bicyclic) bond motifs is 1. The Morgan fingerprint density at radius 1 is 1.16 bits per heavy atom. The van der Waals surface area contributed by atoms with Gasteiger partial charge in [0.05, 0.1) is 12.1 Å². The van der Waals surface area contributed by atoms with Crippen LogP contribution in [-0.2, 0) is 11.2 Å². The topological polar surface area (TPSA) is 59.8 Å². The van der Waals surface area contributed by atoms with E-state index in [0.29, 0.717) is 27.3 Å². The zero-order chi connectivity index (χ0) is 17.4. The van der Waals surface area contributed by atoms with Gasteiger partial charge in [0.25, 0.3) is 0 Å². The summed E-state index contributed by atoms with van der Waals surface area (Å²) in [5.41, 5.74) is 2.97. The summed E-state index contributed by atoms with van der Waals surface area (Å²) in [6.07, 6.45) is 5.93. The van der Waals surface area contributed by atoms with Crippen LogP contribution in [0, 0.1) is 0 Å². The quantitative estimate of drug-likeness (QED) is 0.695. The first-order chi connectivity index (χ1) is 12.1. The number of pyridine rings is 1. The molecule has 25 heavy (non-hydrogen) atoms. The van der Waals surface area contributed by atoms with E-state index in [9.17, 15) is 4.79 Å². The lowest BCUT2D eigenvalue weighted by Crippen LogP contribution is -2.18. The molecular weight excluding hydrogens is 359 g/mol. The Hall–Kier alpha value is -2.63. The molecule has 0 atom stereocenters. The number of hydrogen-bond acceptors (Lipinski definition) is 3. The first-order valence-corrected chi connectivity index (χ1v) is 8.34. The fraction of sp³-hybridized carbons (Fsp3) is 0.0556. The number of aromatic nitrogens is 3. The maximum atomic E-state index is 12.4. The molecule has 0 spiro atoms. The Morgan fingerprint density at radius 3 is 2.72 bits per heavy atom. The fourth-order valence-electron chi connectivity index (χ4n) is 2.60. The van der Waals surface area contributed by atoms with Crippen molar-refractivity contribution in [3.63, 3.8) is 0 Å². The van der Waals surface area contributed by atoms with Crippen molar-refractivity contribution in [1.29, 1.82) is 0 Å². The van der Waals surface area contributed by atoms with Crippen LogP contribution >= 0.6 is 23.2 Å². The monoisotopic (exact) mass is 370 g/mol. The molecule has 124 valence electrons. The summed E-state index contributed by atoms with van der Waals surface area (Å²) in [7, 11) is 0. The molecule has 1 aliphatic rings. The Bertz CT molecular complexity index is 1050. The minimum atomic E-state index is -0.186. The number of anilines is 1. The van der Waals surface area contributed by atoms with Crippen molar-refractivity contribution >= 4 is 51.9 Å². The average Bonchev–Trinajstić information content (AvgIpc) is 2.83. The molecule has 7 heteroatoms. The van der Waals surface area contributed by atoms with Gasteiger partial charge in [-0.15, -0.1) is 0 Å². The van der Waals surface area contributed by atoms with Crippen molar-refractivity contribution < 1.29 is 4.79 Å². The van der Waals surface area contributed by atoms with E-state index in [2.05, 4.69) is 15.3 Å². The first-order valence-electron chi connectivity index (χ1n) is 7.58. The number of carbonyl (C=O) groups excluding carboxylic acids is 1. The predicted octanol–water partition coefficient (Wildman–Crippen LogP) is 4.33. The van der Waals surface area contributed by atoms with Crippen LogP contribution in [0.25, 0.3) is 16.9 Å². The summed E-state index contributed by atoms with van der Waals surface area (Å²) in [6, 6.07) is 10.7. The predicted molar refractivity (Wildman–Crippen MR) is 99.7 cm³/mol. The van der Waals surface area contributed by atoms with E-state index < -0.39 is 0 Å². The summed E-state index contributed by atoms with van der Waals surface area (Å²) in [4.78, 5) is 21.2. The maximum Gasteiger partial charge on any atom is 0.231 e. The van der Waals surface area contributed by atoms with Gasteiger partial charge < -0.3 is 0 Å². The van der Waals surface area contributed by atoms with E-state index >= 15 is 0 Å². The normalized spacial score (nSPS) is 12.8. The second kappa shape index (κ2) is 6.35. The molecule has 0 saturated heterocycles. The fourth-order valence-corrected chi connectivity index (χ4v) is 2.95. The molecule has 1 N–H and O–H groups in total. The lowest BCUT2D eigenvalue weighted by Gasteiger charge is -2.13. The van der Waals surface area contributed by atoms with Crippen molar-refractivity contribution in [1.82, 2.24) is 14.5 Å². The molecule has 0 aliphatic heterocycles. The lowest BCUT2D eigenvalue weighted by molar-refractivity contribution is -0.115. The van der Waals surface area contributed by atoms with Gasteiger partial charge in [0.2, 0.25) is 11.9 Å². The zero-order valence-electron chi connectivity index (χ0n) is 12.9. The molecule has 4 rings (SSSR count). The number of amides is 1. The number of halogens is 2. The Labute approximate surface area is 153 Å². The molecular formula is C18H12Cl2N4O. The lowest BCUT2D eigenvalue weighted by atomic mass is 10.1. The highest BCUT2D eigenvalue weighted by Gasteiger charge is 2.18. The average molecular weight is 371 g/mol. The van der Waals surface area contributed by atoms with Crippen LogP contribution in [0.5, 0.6) is 0 Å². The van der Waals surface area contributed by atoms with E-state index in [4.69, 9.17) is 23.2 Å². The Morgan fingerprint density at radius 2 is 2.00 bits per heavy atom. The minimum Gasteiger partial charge on any atom is -0.295 e. The van der Waals surface area contributed by atoms with E-state index in [1.807, 2.05) is 30.4 Å². The van der Waals surface area contributed by atoms with Gasteiger partial charge in [0.1, 0.15) is 10.7 Å². The zero-order valence-corrected chi connectivity index (χ0v) is 14.4. The van der Waals surface area contributed by atoms with Gasteiger partial charge in [0.15, 0.2) is 5.65 Å². The van der Waals surface area contributed by atoms with Gasteiger partial charge in [-0.05, 0) is 42.0 Å². The van der Waals surface area contributed by atoms with Crippen molar-refractivity contribution in [2.45, 2.75) is 6.42 Å². The summed E-state index contributed by atoms with van der Waals surface area (Å²) in [5.74, 6) is 0.223. The summed E-state index contributed by atoms with van der Waals surface area (Å²) < 4.78 is 1.77. The molecule has 1 aliphatic carbocycles. The minimum absolute atomic E-state index is 0.186. The third-order valence-corrected chi connectivity index (χ3v) is 4.21. The van der Waals surface area contributed by atoms with Gasteiger partial charge in [-0.25, -0.2) is 9.97 Å². The van der Waals surface area contributed by atoms with E-state index in [1.54, 1.807) is 28.8 Å². The number of allylic oxidation sites excluding steroid dienone is 4. The highest BCUT2D eigenvalue weighted by molar-refractivity contribution is 6.30. The number of nitrogens with one attached hydrogen (secondary N) is 1. The standard InChI is InChI=1S/C18H12Cl2N4O/c19-12-4-1-3-11(9-12)10-16(25)23-18-21-14-7-8-15(20)22-17(14)24(18)13-5-2-6-13/h1-9H,10H2,(H,21,23,25). The van der Waals surface area contributed by atoms with Gasteiger partial charge in [-0.2, -0.15) is 0 Å². The van der Waals surface area contributed by atoms with E-state index in [-0.39, 0.29) is 12.3 Å². The third-order valence-electron chi connectivity index (χ3n) is 3.77. The van der Waals surface area contributed by atoms with Gasteiger partial charge >= 0.3 is 0 Å². The number of nitrogens with zero attached hydrogens (tertiary/aromatic N) is 3. The van der Waals surface area contributed by atoms with Crippen LogP contribution < -0.4 is 5.32 Å². The van der Waals surface area contributed by atoms with Gasteiger partial charge in [-0.1, -0.05) is 41.4 Å². The Balaban J connectivity index is 1.65. The molecule has 0 bridgehead atoms. The molecule has 2 heterocycles. The van der Waals surface area contributed by atoms with Crippen LogP contribution in [0.1, 0.15) is 5.56 Å². The molecule has 2 aromatic heterocycles. The number of benzene rings is 1. The second-order valence-corrected chi connectivity index (χ2v) is 6.38. The van der Waals surface area contributed by atoms with E-state index in [1.165, 1.54) is 0 Å².